The summed E-state index contributed by atoms with van der Waals surface area (Å²) < 4.78 is 0. The number of aliphatic carboxylic acids is 1. The van der Waals surface area contributed by atoms with E-state index < -0.39 is 41.8 Å². The molecule has 3 amide bonds. The van der Waals surface area contributed by atoms with Gasteiger partial charge in [-0.2, -0.15) is 0 Å². The minimum absolute atomic E-state index is 0.0458. The van der Waals surface area contributed by atoms with Crippen molar-refractivity contribution in [1.29, 1.82) is 0 Å². The molecule has 0 radical (unpaired) electrons. The van der Waals surface area contributed by atoms with Gasteiger partial charge in [0.05, 0.1) is 6.04 Å². The standard InChI is InChI=1S/C20H30N4O5/c1-12(2)10-16(23-14(20(28)29)8-9-17(21)25)19(27)24-15(18(22)26)11-13-6-4-3-5-7-13/h3-7,12,14-16,23H,8-11H2,1-2H3,(H2,21,25)(H2,22,26)(H,24,27)(H,28,29)/t14-,15+,16+/m1/s1. The van der Waals surface area contributed by atoms with Gasteiger partial charge in [0.15, 0.2) is 0 Å². The highest BCUT2D eigenvalue weighted by Gasteiger charge is 2.29. The lowest BCUT2D eigenvalue weighted by atomic mass is 9.99. The van der Waals surface area contributed by atoms with Crippen molar-refractivity contribution in [2.24, 2.45) is 17.4 Å². The quantitative estimate of drug-likeness (QED) is 0.307. The molecule has 1 rings (SSSR count). The average Bonchev–Trinajstić information content (AvgIpc) is 2.63. The van der Waals surface area contributed by atoms with Gasteiger partial charge in [-0.05, 0) is 24.3 Å². The number of carbonyl (C=O) groups excluding carboxylic acids is 3. The lowest BCUT2D eigenvalue weighted by Gasteiger charge is -2.26. The molecular weight excluding hydrogens is 376 g/mol. The maximum Gasteiger partial charge on any atom is 0.320 e. The van der Waals surface area contributed by atoms with Crippen molar-refractivity contribution in [1.82, 2.24) is 10.6 Å². The summed E-state index contributed by atoms with van der Waals surface area (Å²) in [6.45, 7) is 3.77. The number of carboxylic acids is 1. The summed E-state index contributed by atoms with van der Waals surface area (Å²) in [5.41, 5.74) is 11.4. The van der Waals surface area contributed by atoms with Crippen molar-refractivity contribution in [3.63, 3.8) is 0 Å². The van der Waals surface area contributed by atoms with Crippen molar-refractivity contribution >= 4 is 23.7 Å². The highest BCUT2D eigenvalue weighted by Crippen LogP contribution is 2.10. The van der Waals surface area contributed by atoms with Crippen LogP contribution in [0, 0.1) is 5.92 Å². The van der Waals surface area contributed by atoms with Crippen molar-refractivity contribution in [3.05, 3.63) is 35.9 Å². The van der Waals surface area contributed by atoms with Gasteiger partial charge in [-0.15, -0.1) is 0 Å². The van der Waals surface area contributed by atoms with Crippen LogP contribution < -0.4 is 22.1 Å². The van der Waals surface area contributed by atoms with Crippen LogP contribution in [0.4, 0.5) is 0 Å². The number of hydrogen-bond donors (Lipinski definition) is 5. The number of carboxylic acid groups (broad SMARTS) is 1. The molecule has 29 heavy (non-hydrogen) atoms. The molecule has 0 aromatic heterocycles. The Morgan fingerprint density at radius 3 is 2.10 bits per heavy atom. The molecule has 0 aliphatic heterocycles. The highest BCUT2D eigenvalue weighted by molar-refractivity contribution is 5.89. The van der Waals surface area contributed by atoms with Gasteiger partial charge in [-0.3, -0.25) is 24.5 Å². The predicted molar refractivity (Wildman–Crippen MR) is 108 cm³/mol. The lowest BCUT2D eigenvalue weighted by Crippen LogP contribution is -2.56. The Balaban J connectivity index is 2.90. The Kier molecular flexibility index (Phi) is 9.81. The SMILES string of the molecule is CC(C)C[C@H](N[C@H](CCC(N)=O)C(=O)O)C(=O)N[C@@H](Cc1ccccc1)C(N)=O. The normalized spacial score (nSPS) is 14.0. The smallest absolute Gasteiger partial charge is 0.320 e. The van der Waals surface area contributed by atoms with Crippen LogP contribution >= 0.6 is 0 Å². The molecule has 1 aromatic rings. The number of nitrogens with one attached hydrogen (secondary N) is 2. The second kappa shape index (κ2) is 11.8. The fourth-order valence-corrected chi connectivity index (χ4v) is 2.87. The van der Waals surface area contributed by atoms with Gasteiger partial charge in [0.25, 0.3) is 0 Å². The molecule has 1 aromatic carbocycles. The molecule has 0 unspecified atom stereocenters. The van der Waals surface area contributed by atoms with Gasteiger partial charge in [-0.1, -0.05) is 44.2 Å². The van der Waals surface area contributed by atoms with E-state index in [1.807, 2.05) is 44.2 Å². The lowest BCUT2D eigenvalue weighted by molar-refractivity contribution is -0.140. The first-order valence-electron chi connectivity index (χ1n) is 9.50. The third kappa shape index (κ3) is 9.20. The van der Waals surface area contributed by atoms with E-state index in [-0.39, 0.29) is 25.2 Å². The van der Waals surface area contributed by atoms with Gasteiger partial charge in [-0.25, -0.2) is 0 Å². The van der Waals surface area contributed by atoms with Crippen molar-refractivity contribution in [2.45, 2.75) is 57.7 Å². The van der Waals surface area contributed by atoms with Crippen molar-refractivity contribution < 1.29 is 24.3 Å². The fourth-order valence-electron chi connectivity index (χ4n) is 2.87. The number of carbonyl (C=O) groups is 4. The van der Waals surface area contributed by atoms with E-state index in [1.165, 1.54) is 0 Å². The molecular formula is C20H30N4O5. The largest absolute Gasteiger partial charge is 0.480 e. The molecule has 0 heterocycles. The number of benzene rings is 1. The van der Waals surface area contributed by atoms with Gasteiger partial charge < -0.3 is 21.9 Å². The summed E-state index contributed by atoms with van der Waals surface area (Å²) in [4.78, 5) is 47.1. The Bertz CT molecular complexity index is 708. The zero-order valence-electron chi connectivity index (χ0n) is 16.8. The molecule has 7 N–H and O–H groups in total. The van der Waals surface area contributed by atoms with E-state index in [9.17, 15) is 24.3 Å². The molecule has 0 saturated heterocycles. The number of primary amides is 2. The second-order valence-electron chi connectivity index (χ2n) is 7.40. The van der Waals surface area contributed by atoms with E-state index in [0.29, 0.717) is 6.42 Å². The summed E-state index contributed by atoms with van der Waals surface area (Å²) in [7, 11) is 0. The second-order valence-corrected chi connectivity index (χ2v) is 7.40. The van der Waals surface area contributed by atoms with Gasteiger partial charge in [0, 0.05) is 12.8 Å². The molecule has 3 atom stereocenters. The highest BCUT2D eigenvalue weighted by atomic mass is 16.4. The summed E-state index contributed by atoms with van der Waals surface area (Å²) in [6.07, 6.45) is 0.386. The summed E-state index contributed by atoms with van der Waals surface area (Å²) in [5, 5.41) is 14.8. The molecule has 9 heteroatoms. The Morgan fingerprint density at radius 2 is 1.62 bits per heavy atom. The van der Waals surface area contributed by atoms with E-state index in [1.54, 1.807) is 0 Å². The van der Waals surface area contributed by atoms with E-state index in [4.69, 9.17) is 11.5 Å². The van der Waals surface area contributed by atoms with Crippen LogP contribution in [0.5, 0.6) is 0 Å². The minimum atomic E-state index is -1.19. The van der Waals surface area contributed by atoms with Crippen molar-refractivity contribution in [2.75, 3.05) is 0 Å². The minimum Gasteiger partial charge on any atom is -0.480 e. The predicted octanol–water partition coefficient (Wildman–Crippen LogP) is -0.0778. The van der Waals surface area contributed by atoms with Crippen LogP contribution in [-0.2, 0) is 25.6 Å². The molecule has 160 valence electrons. The van der Waals surface area contributed by atoms with Crippen LogP contribution in [0.1, 0.15) is 38.7 Å². The molecule has 0 fully saturated rings. The number of amides is 3. The third-order valence-corrected chi connectivity index (χ3v) is 4.35. The zero-order valence-corrected chi connectivity index (χ0v) is 16.8. The molecule has 0 aliphatic carbocycles. The van der Waals surface area contributed by atoms with Crippen LogP contribution in [0.25, 0.3) is 0 Å². The Hall–Kier alpha value is -2.94. The molecule has 0 spiro atoms. The number of hydrogen-bond acceptors (Lipinski definition) is 5. The maximum atomic E-state index is 12.8. The molecule has 0 saturated carbocycles. The third-order valence-electron chi connectivity index (χ3n) is 4.35. The fraction of sp³-hybridized carbons (Fsp3) is 0.500. The van der Waals surface area contributed by atoms with Gasteiger partial charge in [0.1, 0.15) is 12.1 Å². The van der Waals surface area contributed by atoms with Crippen molar-refractivity contribution in [3.8, 4) is 0 Å². The molecule has 9 nitrogen and oxygen atoms in total. The Morgan fingerprint density at radius 1 is 1.00 bits per heavy atom. The van der Waals surface area contributed by atoms with E-state index in [0.717, 1.165) is 5.56 Å². The van der Waals surface area contributed by atoms with Gasteiger partial charge >= 0.3 is 5.97 Å². The summed E-state index contributed by atoms with van der Waals surface area (Å²) in [6, 6.07) is 6.16. The monoisotopic (exact) mass is 406 g/mol. The molecule has 0 bridgehead atoms. The van der Waals surface area contributed by atoms with Crippen LogP contribution in [0.2, 0.25) is 0 Å². The zero-order chi connectivity index (χ0) is 22.0. The van der Waals surface area contributed by atoms with Gasteiger partial charge in [0.2, 0.25) is 17.7 Å². The number of nitrogens with two attached hydrogens (primary N) is 2. The number of rotatable bonds is 13. The topological polar surface area (TPSA) is 165 Å². The molecule has 0 aliphatic rings. The van der Waals surface area contributed by atoms with Crippen LogP contribution in [-0.4, -0.2) is 46.9 Å². The Labute approximate surface area is 170 Å². The first-order chi connectivity index (χ1) is 13.6. The van der Waals surface area contributed by atoms with E-state index >= 15 is 0 Å². The summed E-state index contributed by atoms with van der Waals surface area (Å²) >= 11 is 0. The summed E-state index contributed by atoms with van der Waals surface area (Å²) in [5.74, 6) is -2.95. The van der Waals surface area contributed by atoms with Crippen LogP contribution in [0.3, 0.4) is 0 Å². The first kappa shape index (κ1) is 24.1. The average molecular weight is 406 g/mol. The first-order valence-corrected chi connectivity index (χ1v) is 9.50. The van der Waals surface area contributed by atoms with E-state index in [2.05, 4.69) is 10.6 Å². The van der Waals surface area contributed by atoms with Crippen LogP contribution in [0.15, 0.2) is 30.3 Å². The maximum absolute atomic E-state index is 12.8.